The summed E-state index contributed by atoms with van der Waals surface area (Å²) in [6, 6.07) is 3.56. The van der Waals surface area contributed by atoms with Crippen LogP contribution in [0, 0.1) is 10.1 Å². The highest BCUT2D eigenvalue weighted by Gasteiger charge is 2.28. The smallest absolute Gasteiger partial charge is 0.293 e. The highest BCUT2D eigenvalue weighted by Crippen LogP contribution is 2.30. The fraction of sp³-hybridized carbons (Fsp3) is 0.538. The van der Waals surface area contributed by atoms with Gasteiger partial charge in [-0.05, 0) is 25.0 Å². The van der Waals surface area contributed by atoms with Gasteiger partial charge in [0.05, 0.1) is 9.82 Å². The molecule has 0 aromatic heterocycles. The SMILES string of the molecule is NC1(CNc2ccc(S(N)(=O)=O)cc2[N+](=O)[O-])CCCCC1. The quantitative estimate of drug-likeness (QED) is 0.549. The van der Waals surface area contributed by atoms with Crippen molar-refractivity contribution in [3.05, 3.63) is 28.3 Å². The molecule has 1 saturated carbocycles. The van der Waals surface area contributed by atoms with Gasteiger partial charge in [0.1, 0.15) is 5.69 Å². The lowest BCUT2D eigenvalue weighted by atomic mass is 9.82. The minimum absolute atomic E-state index is 0.243. The molecule has 1 aliphatic carbocycles. The third kappa shape index (κ3) is 3.93. The van der Waals surface area contributed by atoms with E-state index in [1.165, 1.54) is 12.1 Å². The number of hydrogen-bond acceptors (Lipinski definition) is 6. The molecule has 0 unspecified atom stereocenters. The summed E-state index contributed by atoms with van der Waals surface area (Å²) in [6.07, 6.45) is 4.98. The summed E-state index contributed by atoms with van der Waals surface area (Å²) in [6.45, 7) is 0.405. The average molecular weight is 328 g/mol. The zero-order valence-corrected chi connectivity index (χ0v) is 12.9. The second-order valence-corrected chi connectivity index (χ2v) is 7.32. The lowest BCUT2D eigenvalue weighted by Gasteiger charge is -2.33. The number of anilines is 1. The fourth-order valence-electron chi connectivity index (χ4n) is 2.69. The van der Waals surface area contributed by atoms with E-state index < -0.39 is 14.9 Å². The molecule has 8 nitrogen and oxygen atoms in total. The summed E-state index contributed by atoms with van der Waals surface area (Å²) in [5, 5.41) is 19.1. The molecule has 9 heteroatoms. The largest absolute Gasteiger partial charge is 0.378 e. The van der Waals surface area contributed by atoms with Gasteiger partial charge in [-0.25, -0.2) is 13.6 Å². The van der Waals surface area contributed by atoms with Crippen molar-refractivity contribution in [2.45, 2.75) is 42.5 Å². The van der Waals surface area contributed by atoms with Crippen LogP contribution in [0.4, 0.5) is 11.4 Å². The summed E-state index contributed by atoms with van der Waals surface area (Å²) in [4.78, 5) is 10.2. The van der Waals surface area contributed by atoms with Crippen LogP contribution in [0.25, 0.3) is 0 Å². The Hall–Kier alpha value is -1.71. The number of sulfonamides is 1. The van der Waals surface area contributed by atoms with E-state index in [-0.39, 0.29) is 21.8 Å². The van der Waals surface area contributed by atoms with Gasteiger partial charge in [-0.3, -0.25) is 10.1 Å². The third-order valence-corrected chi connectivity index (χ3v) is 4.89. The van der Waals surface area contributed by atoms with Gasteiger partial charge >= 0.3 is 0 Å². The van der Waals surface area contributed by atoms with Gasteiger partial charge in [0.2, 0.25) is 10.0 Å². The molecule has 0 radical (unpaired) electrons. The van der Waals surface area contributed by atoms with Crippen LogP contribution in [-0.2, 0) is 10.0 Å². The summed E-state index contributed by atoms with van der Waals surface area (Å²) in [5.41, 5.74) is 5.82. The fourth-order valence-corrected chi connectivity index (χ4v) is 3.23. The van der Waals surface area contributed by atoms with E-state index in [2.05, 4.69) is 5.32 Å². The van der Waals surface area contributed by atoms with E-state index in [1.807, 2.05) is 0 Å². The highest BCUT2D eigenvalue weighted by molar-refractivity contribution is 7.89. The van der Waals surface area contributed by atoms with Crippen molar-refractivity contribution in [2.24, 2.45) is 10.9 Å². The molecule has 0 spiro atoms. The Morgan fingerprint density at radius 2 is 1.91 bits per heavy atom. The summed E-state index contributed by atoms with van der Waals surface area (Å²) in [7, 11) is -3.98. The molecule has 2 rings (SSSR count). The number of nitrogens with zero attached hydrogens (tertiary/aromatic N) is 1. The number of nitro benzene ring substituents is 1. The maximum atomic E-state index is 11.3. The zero-order chi connectivity index (χ0) is 16.4. The molecule has 122 valence electrons. The molecule has 1 aromatic rings. The Kier molecular flexibility index (Phi) is 4.69. The van der Waals surface area contributed by atoms with Crippen molar-refractivity contribution in [1.82, 2.24) is 0 Å². The first-order valence-corrected chi connectivity index (χ1v) is 8.60. The van der Waals surface area contributed by atoms with E-state index >= 15 is 0 Å². The summed E-state index contributed by atoms with van der Waals surface area (Å²) < 4.78 is 22.6. The number of nitrogens with two attached hydrogens (primary N) is 2. The van der Waals surface area contributed by atoms with Crippen molar-refractivity contribution in [3.8, 4) is 0 Å². The Morgan fingerprint density at radius 3 is 2.45 bits per heavy atom. The van der Waals surface area contributed by atoms with Crippen molar-refractivity contribution >= 4 is 21.4 Å². The van der Waals surface area contributed by atoms with Crippen molar-refractivity contribution in [3.63, 3.8) is 0 Å². The van der Waals surface area contributed by atoms with Crippen LogP contribution in [0.3, 0.4) is 0 Å². The van der Waals surface area contributed by atoms with E-state index in [9.17, 15) is 18.5 Å². The van der Waals surface area contributed by atoms with Gasteiger partial charge in [-0.2, -0.15) is 0 Å². The van der Waals surface area contributed by atoms with E-state index in [1.54, 1.807) is 0 Å². The van der Waals surface area contributed by atoms with Crippen LogP contribution >= 0.6 is 0 Å². The van der Waals surface area contributed by atoms with Crippen LogP contribution < -0.4 is 16.2 Å². The third-order valence-electron chi connectivity index (χ3n) is 3.97. The molecule has 0 atom stereocenters. The molecular weight excluding hydrogens is 308 g/mol. The van der Waals surface area contributed by atoms with E-state index in [0.717, 1.165) is 38.2 Å². The summed E-state index contributed by atoms with van der Waals surface area (Å²) >= 11 is 0. The minimum atomic E-state index is -3.98. The Labute approximate surface area is 129 Å². The molecular formula is C13H20N4O4S. The summed E-state index contributed by atoms with van der Waals surface area (Å²) in [5.74, 6) is 0. The number of nitro groups is 1. The average Bonchev–Trinajstić information content (AvgIpc) is 2.44. The van der Waals surface area contributed by atoms with Gasteiger partial charge in [0, 0.05) is 18.2 Å². The number of benzene rings is 1. The first-order valence-electron chi connectivity index (χ1n) is 7.05. The van der Waals surface area contributed by atoms with E-state index in [0.29, 0.717) is 6.54 Å². The molecule has 5 N–H and O–H groups in total. The van der Waals surface area contributed by atoms with Gasteiger partial charge in [0.25, 0.3) is 5.69 Å². The monoisotopic (exact) mass is 328 g/mol. The maximum absolute atomic E-state index is 11.3. The molecule has 0 heterocycles. The van der Waals surface area contributed by atoms with E-state index in [4.69, 9.17) is 10.9 Å². The topological polar surface area (TPSA) is 141 Å². The Morgan fingerprint density at radius 1 is 1.27 bits per heavy atom. The zero-order valence-electron chi connectivity index (χ0n) is 12.1. The predicted molar refractivity (Wildman–Crippen MR) is 83.0 cm³/mol. The lowest BCUT2D eigenvalue weighted by Crippen LogP contribution is -2.47. The minimum Gasteiger partial charge on any atom is -0.378 e. The maximum Gasteiger partial charge on any atom is 0.293 e. The molecule has 22 heavy (non-hydrogen) atoms. The van der Waals surface area contributed by atoms with Crippen LogP contribution in [0.2, 0.25) is 0 Å². The van der Waals surface area contributed by atoms with Crippen LogP contribution in [0.15, 0.2) is 23.1 Å². The van der Waals surface area contributed by atoms with Crippen LogP contribution in [0.1, 0.15) is 32.1 Å². The first-order chi connectivity index (χ1) is 10.2. The number of primary sulfonamides is 1. The Bertz CT molecular complexity index is 669. The molecule has 0 saturated heterocycles. The van der Waals surface area contributed by atoms with Crippen molar-refractivity contribution in [1.29, 1.82) is 0 Å². The normalized spacial score (nSPS) is 17.9. The molecule has 1 fully saturated rings. The van der Waals surface area contributed by atoms with Crippen LogP contribution in [-0.4, -0.2) is 25.4 Å². The van der Waals surface area contributed by atoms with Gasteiger partial charge in [-0.1, -0.05) is 19.3 Å². The van der Waals surface area contributed by atoms with Crippen molar-refractivity contribution < 1.29 is 13.3 Å². The molecule has 1 aliphatic rings. The number of hydrogen-bond donors (Lipinski definition) is 3. The standard InChI is InChI=1S/C13H20N4O4S/c14-13(6-2-1-3-7-13)9-16-11-5-4-10(22(15,20)21)8-12(11)17(18)19/h4-5,8,16H,1-3,6-7,9,14H2,(H2,15,20,21). The predicted octanol–water partition coefficient (Wildman–Crippen LogP) is 1.32. The van der Waals surface area contributed by atoms with Gasteiger partial charge in [0.15, 0.2) is 0 Å². The Balaban J connectivity index is 2.21. The van der Waals surface area contributed by atoms with Gasteiger partial charge in [-0.15, -0.1) is 0 Å². The molecule has 0 bridgehead atoms. The molecule has 0 amide bonds. The molecule has 0 aliphatic heterocycles. The van der Waals surface area contributed by atoms with Crippen LogP contribution in [0.5, 0.6) is 0 Å². The second kappa shape index (κ2) is 6.19. The molecule has 1 aromatic carbocycles. The first kappa shape index (κ1) is 16.7. The lowest BCUT2D eigenvalue weighted by molar-refractivity contribution is -0.384. The number of rotatable bonds is 5. The van der Waals surface area contributed by atoms with Crippen molar-refractivity contribution in [2.75, 3.05) is 11.9 Å². The highest BCUT2D eigenvalue weighted by atomic mass is 32.2. The number of nitrogens with one attached hydrogen (secondary N) is 1. The second-order valence-electron chi connectivity index (χ2n) is 5.76. The van der Waals surface area contributed by atoms with Gasteiger partial charge < -0.3 is 11.1 Å².